The number of sulfonamides is 1. The highest BCUT2D eigenvalue weighted by molar-refractivity contribution is 7.90. The van der Waals surface area contributed by atoms with Crippen LogP contribution in [0.5, 0.6) is 5.88 Å². The molecule has 2 atom stereocenters. The molecule has 1 aromatic carbocycles. The highest BCUT2D eigenvalue weighted by Gasteiger charge is 2.43. The summed E-state index contributed by atoms with van der Waals surface area (Å²) in [6, 6.07) is 20.2. The van der Waals surface area contributed by atoms with Crippen LogP contribution in [0.2, 0.25) is 0 Å². The van der Waals surface area contributed by atoms with E-state index in [0.29, 0.717) is 43.2 Å². The lowest BCUT2D eigenvalue weighted by molar-refractivity contribution is 0.0981. The van der Waals surface area contributed by atoms with Crippen LogP contribution in [0.1, 0.15) is 67.8 Å². The number of anilines is 2. The molecule has 4 bridgehead atoms. The Balaban J connectivity index is 1.23. The van der Waals surface area contributed by atoms with Crippen LogP contribution < -0.4 is 19.7 Å². The zero-order chi connectivity index (χ0) is 33.8. The van der Waals surface area contributed by atoms with Crippen LogP contribution in [0.15, 0.2) is 78.0 Å². The molecular weight excluding hydrogens is 641 g/mol. The van der Waals surface area contributed by atoms with Crippen molar-refractivity contribution in [3.8, 4) is 11.7 Å². The van der Waals surface area contributed by atoms with Crippen LogP contribution in [0.25, 0.3) is 5.82 Å². The summed E-state index contributed by atoms with van der Waals surface area (Å²) in [5.74, 6) is 1.80. The molecule has 5 heterocycles. The number of carbonyl (C=O) groups excluding carboxylic acids is 1. The van der Waals surface area contributed by atoms with Gasteiger partial charge in [0, 0.05) is 31.9 Å². The number of hydrogen-bond donors (Lipinski definition) is 2. The molecule has 1 saturated carbocycles. The van der Waals surface area contributed by atoms with Gasteiger partial charge in [0.25, 0.3) is 15.9 Å². The lowest BCUT2D eigenvalue weighted by Gasteiger charge is -2.36. The first-order chi connectivity index (χ1) is 23.8. The summed E-state index contributed by atoms with van der Waals surface area (Å²) in [5.41, 5.74) is 0.971. The monoisotopic (exact) mass is 684 g/mol. The van der Waals surface area contributed by atoms with Crippen LogP contribution in [0, 0.1) is 5.92 Å². The summed E-state index contributed by atoms with van der Waals surface area (Å²) in [5, 5.41) is 7.66. The molecule has 0 spiro atoms. The number of aryl methyl sites for hydroxylation is 1. The Hall–Kier alpha value is -4.49. The van der Waals surface area contributed by atoms with Crippen LogP contribution in [-0.2, 0) is 16.4 Å². The largest absolute Gasteiger partial charge is 0.477 e. The number of benzene rings is 1. The Morgan fingerprint density at radius 3 is 2.65 bits per heavy atom. The SMILES string of the molecule is CC1(CCc2ccccc2)CN2CCCNc3cccc(n3)S(=O)(=O)NC(=O)c3ccc(-n4ccc(OCCC5CCCC5)n4)nc3N1C2. The molecule has 2 unspecified atom stereocenters. The van der Waals surface area contributed by atoms with Crippen molar-refractivity contribution in [2.75, 3.05) is 43.1 Å². The van der Waals surface area contributed by atoms with Crippen LogP contribution in [0.4, 0.5) is 11.6 Å². The molecule has 2 fully saturated rings. The van der Waals surface area contributed by atoms with E-state index in [1.165, 1.54) is 37.3 Å². The highest BCUT2D eigenvalue weighted by atomic mass is 32.2. The number of carbonyl (C=O) groups is 1. The number of nitrogens with one attached hydrogen (secondary N) is 2. The maximum Gasteiger partial charge on any atom is 0.281 e. The zero-order valence-electron chi connectivity index (χ0n) is 27.9. The number of fused-ring (bicyclic) bond motifs is 6. The minimum absolute atomic E-state index is 0.157. The van der Waals surface area contributed by atoms with E-state index in [1.54, 1.807) is 35.1 Å². The molecule has 2 N–H and O–H groups in total. The quantitative estimate of drug-likeness (QED) is 0.260. The average molecular weight is 685 g/mol. The van der Waals surface area contributed by atoms with Gasteiger partial charge >= 0.3 is 0 Å². The van der Waals surface area contributed by atoms with E-state index in [1.807, 2.05) is 24.3 Å². The smallest absolute Gasteiger partial charge is 0.281 e. The second kappa shape index (κ2) is 14.2. The van der Waals surface area contributed by atoms with Gasteiger partial charge in [0.2, 0.25) is 5.88 Å². The molecule has 1 amide bonds. The lowest BCUT2D eigenvalue weighted by Crippen LogP contribution is -2.45. The molecule has 258 valence electrons. The van der Waals surface area contributed by atoms with E-state index in [-0.39, 0.29) is 10.6 Å². The fraction of sp³-hybridized carbons (Fsp3) is 0.444. The first-order valence-corrected chi connectivity index (χ1v) is 18.8. The van der Waals surface area contributed by atoms with Crippen molar-refractivity contribution in [3.63, 3.8) is 0 Å². The number of hydrogen-bond acceptors (Lipinski definition) is 10. The van der Waals surface area contributed by atoms with Crippen molar-refractivity contribution < 1.29 is 17.9 Å². The number of ether oxygens (including phenoxy) is 1. The second-order valence-corrected chi connectivity index (χ2v) is 15.2. The molecule has 7 rings (SSSR count). The van der Waals surface area contributed by atoms with Crippen molar-refractivity contribution >= 4 is 27.6 Å². The van der Waals surface area contributed by atoms with Gasteiger partial charge in [-0.2, -0.15) is 8.42 Å². The van der Waals surface area contributed by atoms with Gasteiger partial charge < -0.3 is 15.0 Å². The first kappa shape index (κ1) is 33.0. The summed E-state index contributed by atoms with van der Waals surface area (Å²) in [6.07, 6.45) is 10.4. The third kappa shape index (κ3) is 7.57. The van der Waals surface area contributed by atoms with Crippen LogP contribution >= 0.6 is 0 Å². The predicted molar refractivity (Wildman–Crippen MR) is 188 cm³/mol. The summed E-state index contributed by atoms with van der Waals surface area (Å²) in [4.78, 5) is 27.8. The van der Waals surface area contributed by atoms with Crippen molar-refractivity contribution in [2.24, 2.45) is 5.92 Å². The Labute approximate surface area is 287 Å². The molecule has 4 aromatic rings. The first-order valence-electron chi connectivity index (χ1n) is 17.3. The van der Waals surface area contributed by atoms with Crippen molar-refractivity contribution in [2.45, 2.75) is 68.9 Å². The number of rotatable bonds is 8. The normalized spacial score (nSPS) is 22.4. The fourth-order valence-electron chi connectivity index (χ4n) is 7.23. The number of amides is 1. The standard InChI is InChI=1S/C36H44N8O4S/c1-36(20-17-27-9-3-2-4-10-27)25-42-22-8-21-37-30-13-7-14-33(38-30)49(46,47)41-35(45)29-15-16-31(39-34(29)43(36)26-42)44-23-18-32(40-44)48-24-19-28-11-5-6-12-28/h2-4,7,9-10,13-16,18,23,28H,5-6,8,11-12,17,19-22,24-26H2,1H3,(H,37,38)(H,41,45). The lowest BCUT2D eigenvalue weighted by atomic mass is 9.92. The van der Waals surface area contributed by atoms with Gasteiger partial charge in [-0.05, 0) is 68.4 Å². The van der Waals surface area contributed by atoms with Crippen LogP contribution in [-0.4, -0.2) is 77.4 Å². The molecule has 1 saturated heterocycles. The topological polar surface area (TPSA) is 135 Å². The van der Waals surface area contributed by atoms with Gasteiger partial charge in [-0.3, -0.25) is 9.69 Å². The molecule has 1 aliphatic carbocycles. The maximum atomic E-state index is 13.9. The molecule has 13 heteroatoms. The molecule has 0 radical (unpaired) electrons. The maximum absolute atomic E-state index is 13.9. The minimum atomic E-state index is -4.28. The predicted octanol–water partition coefficient (Wildman–Crippen LogP) is 5.03. The third-order valence-corrected chi connectivity index (χ3v) is 11.2. The summed E-state index contributed by atoms with van der Waals surface area (Å²) in [7, 11) is -4.28. The van der Waals surface area contributed by atoms with Crippen molar-refractivity contribution in [1.82, 2.24) is 29.4 Å². The fourth-order valence-corrected chi connectivity index (χ4v) is 8.17. The van der Waals surface area contributed by atoms with Crippen molar-refractivity contribution in [3.05, 3.63) is 84.1 Å². The van der Waals surface area contributed by atoms with E-state index >= 15 is 0 Å². The summed E-state index contributed by atoms with van der Waals surface area (Å²) < 4.78 is 36.8. The molecular formula is C36H44N8O4S. The zero-order valence-corrected chi connectivity index (χ0v) is 28.7. The molecule has 49 heavy (non-hydrogen) atoms. The molecule has 12 nitrogen and oxygen atoms in total. The second-order valence-electron chi connectivity index (χ2n) is 13.6. The Morgan fingerprint density at radius 2 is 1.82 bits per heavy atom. The summed E-state index contributed by atoms with van der Waals surface area (Å²) >= 11 is 0. The Kier molecular flexibility index (Phi) is 9.55. The Morgan fingerprint density at radius 1 is 0.980 bits per heavy atom. The number of aromatic nitrogens is 4. The minimum Gasteiger partial charge on any atom is -0.477 e. The average Bonchev–Trinajstić information content (AvgIpc) is 3.87. The summed E-state index contributed by atoms with van der Waals surface area (Å²) in [6.45, 7) is 5.50. The Bertz CT molecular complexity index is 1880. The molecule has 2 aliphatic heterocycles. The third-order valence-electron chi connectivity index (χ3n) is 9.95. The van der Waals surface area contributed by atoms with Crippen LogP contribution in [0.3, 0.4) is 0 Å². The van der Waals surface area contributed by atoms with E-state index < -0.39 is 21.5 Å². The van der Waals surface area contributed by atoms with Gasteiger partial charge in [-0.15, -0.1) is 5.10 Å². The van der Waals surface area contributed by atoms with Gasteiger partial charge in [0.05, 0.1) is 24.4 Å². The number of pyridine rings is 2. The van der Waals surface area contributed by atoms with Crippen molar-refractivity contribution in [1.29, 1.82) is 0 Å². The van der Waals surface area contributed by atoms with E-state index in [2.05, 4.69) is 49.0 Å². The van der Waals surface area contributed by atoms with Gasteiger partial charge in [-0.25, -0.2) is 19.4 Å². The van der Waals surface area contributed by atoms with E-state index in [9.17, 15) is 13.2 Å². The van der Waals surface area contributed by atoms with E-state index in [0.717, 1.165) is 44.7 Å². The van der Waals surface area contributed by atoms with Gasteiger partial charge in [-0.1, -0.05) is 62.1 Å². The highest BCUT2D eigenvalue weighted by Crippen LogP contribution is 2.36. The van der Waals surface area contributed by atoms with Gasteiger partial charge in [0.1, 0.15) is 11.6 Å². The number of nitrogens with zero attached hydrogens (tertiary/aromatic N) is 6. The van der Waals surface area contributed by atoms with Gasteiger partial charge in [0.15, 0.2) is 10.8 Å². The van der Waals surface area contributed by atoms with E-state index in [4.69, 9.17) is 9.72 Å². The molecule has 3 aliphatic rings. The molecule has 3 aromatic heterocycles.